The Morgan fingerprint density at radius 3 is 2.74 bits per heavy atom. The van der Waals surface area contributed by atoms with Crippen molar-refractivity contribution in [3.05, 3.63) is 57.8 Å². The number of piperidine rings is 1. The molecular formula is C26H30BrN7O4S. The third kappa shape index (κ3) is 5.65. The zero-order valence-electron chi connectivity index (χ0n) is 21.7. The Bertz CT molecular complexity index is 1550. The van der Waals surface area contributed by atoms with Crippen LogP contribution >= 0.6 is 15.9 Å². The number of benzene rings is 1. The van der Waals surface area contributed by atoms with E-state index in [1.54, 1.807) is 27.6 Å². The van der Waals surface area contributed by atoms with Crippen LogP contribution in [0.4, 0.5) is 5.82 Å². The average Bonchev–Trinajstić information content (AvgIpc) is 3.48. The lowest BCUT2D eigenvalue weighted by molar-refractivity contribution is -0.137. The van der Waals surface area contributed by atoms with Crippen molar-refractivity contribution >= 4 is 43.3 Å². The van der Waals surface area contributed by atoms with Gasteiger partial charge in [-0.1, -0.05) is 34.1 Å². The van der Waals surface area contributed by atoms with E-state index >= 15 is 0 Å². The molecule has 0 bridgehead atoms. The van der Waals surface area contributed by atoms with Crippen molar-refractivity contribution in [3.63, 3.8) is 0 Å². The third-order valence-corrected chi connectivity index (χ3v) is 8.69. The molecule has 4 heterocycles. The van der Waals surface area contributed by atoms with Crippen molar-refractivity contribution in [3.8, 4) is 6.07 Å². The van der Waals surface area contributed by atoms with Gasteiger partial charge in [-0.25, -0.2) is 17.9 Å². The van der Waals surface area contributed by atoms with Crippen LogP contribution in [0, 0.1) is 24.2 Å². The minimum absolute atomic E-state index is 0.331. The summed E-state index contributed by atoms with van der Waals surface area (Å²) in [7, 11) is -3.69. The number of hydrogen-bond acceptors (Lipinski definition) is 8. The van der Waals surface area contributed by atoms with Crippen molar-refractivity contribution in [2.24, 2.45) is 5.92 Å². The summed E-state index contributed by atoms with van der Waals surface area (Å²) >= 11 is 3.47. The molecule has 13 heteroatoms. The number of nitriles is 1. The Hall–Kier alpha value is -3.05. The second-order valence-corrected chi connectivity index (χ2v) is 12.8. The number of fused-ring (bicyclic) bond motifs is 1. The monoisotopic (exact) mass is 615 g/mol. The van der Waals surface area contributed by atoms with Crippen LogP contribution in [0.25, 0.3) is 5.65 Å². The van der Waals surface area contributed by atoms with Gasteiger partial charge in [0.05, 0.1) is 36.1 Å². The maximum Gasteiger partial charge on any atom is 0.245 e. The summed E-state index contributed by atoms with van der Waals surface area (Å²) in [5.74, 6) is -0.121. The maximum atomic E-state index is 14.0. The molecule has 5 rings (SSSR count). The molecule has 0 spiro atoms. The smallest absolute Gasteiger partial charge is 0.245 e. The minimum atomic E-state index is -3.69. The molecule has 2 saturated heterocycles. The molecule has 11 nitrogen and oxygen atoms in total. The molecular weight excluding hydrogens is 586 g/mol. The summed E-state index contributed by atoms with van der Waals surface area (Å²) in [6, 6.07) is 9.65. The van der Waals surface area contributed by atoms with Crippen LogP contribution in [0.3, 0.4) is 0 Å². The lowest BCUT2D eigenvalue weighted by Gasteiger charge is -2.37. The number of carbonyl (C=O) groups is 1. The van der Waals surface area contributed by atoms with Crippen molar-refractivity contribution in [1.29, 1.82) is 5.26 Å². The molecule has 1 unspecified atom stereocenters. The molecule has 2 aliphatic rings. The fraction of sp³-hybridized carbons (Fsp3) is 0.462. The second-order valence-electron chi connectivity index (χ2n) is 10.2. The molecule has 2 aromatic heterocycles. The van der Waals surface area contributed by atoms with E-state index in [4.69, 9.17) is 10.1 Å². The standard InChI is InChI=1S/C26H30BrN7O4S/c1-16-13-34-23(29-25(16)32-14-17(12-28)22(35)15-32)11-20(30-34)21-9-5-6-10-33(21)26(36)24(31-39(2,37)38)18-7-3-4-8-19(18)27/h3-4,7-8,11,13,17,21-22,24,31,35H,5-6,9-10,14-15H2,1-2H3/t17-,21+,22+,24?/m1/s1. The van der Waals surface area contributed by atoms with E-state index in [0.29, 0.717) is 53.3 Å². The SMILES string of the molecule is Cc1cn2nc([C@@H]3CCCCN3C(=O)C(NS(C)(=O)=O)c3ccccc3Br)cc2nc1N1C[C@@H](C#N)[C@@H](O)C1. The fourth-order valence-electron chi connectivity index (χ4n) is 5.43. The Morgan fingerprint density at radius 2 is 2.05 bits per heavy atom. The van der Waals surface area contributed by atoms with Gasteiger partial charge in [0.15, 0.2) is 5.65 Å². The molecule has 0 radical (unpaired) electrons. The zero-order valence-corrected chi connectivity index (χ0v) is 24.1. The van der Waals surface area contributed by atoms with E-state index in [1.807, 2.05) is 30.2 Å². The fourth-order valence-corrected chi connectivity index (χ4v) is 6.60. The van der Waals surface area contributed by atoms with Crippen molar-refractivity contribution < 1.29 is 18.3 Å². The zero-order chi connectivity index (χ0) is 27.9. The van der Waals surface area contributed by atoms with E-state index < -0.39 is 28.1 Å². The lowest BCUT2D eigenvalue weighted by Crippen LogP contribution is -2.46. The number of β-amino-alcohol motifs (C(OH)–C–C–N with tert-alkyl or cyclic N) is 1. The van der Waals surface area contributed by atoms with Gasteiger partial charge in [-0.05, 0) is 37.8 Å². The van der Waals surface area contributed by atoms with Gasteiger partial charge in [0.1, 0.15) is 11.9 Å². The van der Waals surface area contributed by atoms with Crippen LogP contribution in [-0.4, -0.2) is 70.9 Å². The van der Waals surface area contributed by atoms with Gasteiger partial charge in [-0.2, -0.15) is 15.1 Å². The largest absolute Gasteiger partial charge is 0.390 e. The van der Waals surface area contributed by atoms with Gasteiger partial charge < -0.3 is 14.9 Å². The van der Waals surface area contributed by atoms with Crippen LogP contribution in [0.1, 0.15) is 48.2 Å². The summed E-state index contributed by atoms with van der Waals surface area (Å²) in [5.41, 5.74) is 2.66. The van der Waals surface area contributed by atoms with Crippen molar-refractivity contribution in [1.82, 2.24) is 24.2 Å². The Balaban J connectivity index is 1.48. The number of aliphatic hydroxyl groups excluding tert-OH is 1. The van der Waals surface area contributed by atoms with Crippen molar-refractivity contribution in [2.75, 3.05) is 30.8 Å². The molecule has 206 valence electrons. The topological polar surface area (TPSA) is 144 Å². The van der Waals surface area contributed by atoms with Gasteiger partial charge in [0.2, 0.25) is 15.9 Å². The number of halogens is 1. The van der Waals surface area contributed by atoms with Gasteiger partial charge in [-0.15, -0.1) is 0 Å². The summed E-state index contributed by atoms with van der Waals surface area (Å²) in [6.07, 6.45) is 4.57. The van der Waals surface area contributed by atoms with E-state index in [-0.39, 0.29) is 11.9 Å². The van der Waals surface area contributed by atoms with Crippen LogP contribution in [0.5, 0.6) is 0 Å². The summed E-state index contributed by atoms with van der Waals surface area (Å²) in [5, 5.41) is 24.3. The number of sulfonamides is 1. The maximum absolute atomic E-state index is 14.0. The highest BCUT2D eigenvalue weighted by Crippen LogP contribution is 2.35. The van der Waals surface area contributed by atoms with Gasteiger partial charge in [0.25, 0.3) is 0 Å². The molecule has 1 aromatic carbocycles. The summed E-state index contributed by atoms with van der Waals surface area (Å²) in [6.45, 7) is 3.11. The normalized spacial score (nSPS) is 22.7. The Labute approximate surface area is 235 Å². The first-order valence-corrected chi connectivity index (χ1v) is 15.5. The van der Waals surface area contributed by atoms with E-state index in [0.717, 1.165) is 24.7 Å². The minimum Gasteiger partial charge on any atom is -0.390 e. The molecule has 0 aliphatic carbocycles. The number of hydrogen-bond donors (Lipinski definition) is 2. The van der Waals surface area contributed by atoms with Crippen LogP contribution in [0.15, 0.2) is 41.0 Å². The predicted molar refractivity (Wildman–Crippen MR) is 148 cm³/mol. The second kappa shape index (κ2) is 10.8. The van der Waals surface area contributed by atoms with Crippen molar-refractivity contribution in [2.45, 2.75) is 44.4 Å². The number of nitrogens with one attached hydrogen (secondary N) is 1. The highest BCUT2D eigenvalue weighted by atomic mass is 79.9. The molecule has 1 amide bonds. The van der Waals surface area contributed by atoms with Crippen LogP contribution in [0.2, 0.25) is 0 Å². The highest BCUT2D eigenvalue weighted by molar-refractivity contribution is 9.10. The first kappa shape index (κ1) is 27.5. The molecule has 4 atom stereocenters. The Morgan fingerprint density at radius 1 is 1.28 bits per heavy atom. The molecule has 2 aliphatic heterocycles. The first-order valence-electron chi connectivity index (χ1n) is 12.8. The van der Waals surface area contributed by atoms with E-state index in [2.05, 4.69) is 26.7 Å². The number of carbonyl (C=O) groups excluding carboxylic acids is 1. The summed E-state index contributed by atoms with van der Waals surface area (Å²) < 4.78 is 29.4. The molecule has 3 aromatic rings. The average molecular weight is 617 g/mol. The Kier molecular flexibility index (Phi) is 7.65. The van der Waals surface area contributed by atoms with E-state index in [1.165, 1.54) is 0 Å². The molecule has 39 heavy (non-hydrogen) atoms. The van der Waals surface area contributed by atoms with E-state index in [9.17, 15) is 23.6 Å². The number of anilines is 1. The number of aromatic nitrogens is 3. The third-order valence-electron chi connectivity index (χ3n) is 7.30. The number of amides is 1. The lowest BCUT2D eigenvalue weighted by atomic mass is 9.97. The number of rotatable bonds is 6. The van der Waals surface area contributed by atoms with Gasteiger partial charge in [-0.3, -0.25) is 4.79 Å². The molecule has 0 saturated carbocycles. The molecule has 2 N–H and O–H groups in total. The highest BCUT2D eigenvalue weighted by Gasteiger charge is 2.37. The predicted octanol–water partition coefficient (Wildman–Crippen LogP) is 2.47. The van der Waals surface area contributed by atoms with Gasteiger partial charge >= 0.3 is 0 Å². The summed E-state index contributed by atoms with van der Waals surface area (Å²) in [4.78, 5) is 22.4. The number of aryl methyl sites for hydroxylation is 1. The number of likely N-dealkylation sites (tertiary alicyclic amines) is 1. The van der Waals surface area contributed by atoms with Gasteiger partial charge in [0, 0.05) is 41.9 Å². The first-order chi connectivity index (χ1) is 18.6. The van der Waals surface area contributed by atoms with Crippen LogP contribution in [-0.2, 0) is 14.8 Å². The quantitative estimate of drug-likeness (QED) is 0.430. The number of aliphatic hydroxyl groups is 1. The molecule has 2 fully saturated rings. The van der Waals surface area contributed by atoms with Crippen LogP contribution < -0.4 is 9.62 Å². The number of nitrogens with zero attached hydrogens (tertiary/aromatic N) is 6.